The van der Waals surface area contributed by atoms with E-state index in [0.717, 1.165) is 5.69 Å². The first-order valence-corrected chi connectivity index (χ1v) is 7.72. The number of benzene rings is 2. The molecular weight excluding hydrogens is 256 g/mol. The van der Waals surface area contributed by atoms with Crippen LogP contribution in [0, 0.1) is 0 Å². The van der Waals surface area contributed by atoms with Crippen LogP contribution < -0.4 is 0 Å². The lowest BCUT2D eigenvalue weighted by Crippen LogP contribution is -1.93. The molecular formula is C19H20N2. The number of fused-ring (bicyclic) bond motifs is 3. The molecule has 1 aliphatic carbocycles. The van der Waals surface area contributed by atoms with Crippen molar-refractivity contribution in [1.29, 1.82) is 0 Å². The number of imidazole rings is 1. The Hall–Kier alpha value is -2.09. The van der Waals surface area contributed by atoms with E-state index in [1.807, 2.05) is 6.33 Å². The van der Waals surface area contributed by atoms with Gasteiger partial charge in [0.2, 0.25) is 0 Å². The highest BCUT2D eigenvalue weighted by Crippen LogP contribution is 2.49. The van der Waals surface area contributed by atoms with Crippen LogP contribution in [0.15, 0.2) is 30.6 Å². The van der Waals surface area contributed by atoms with Crippen LogP contribution in [0.2, 0.25) is 0 Å². The van der Waals surface area contributed by atoms with Crippen molar-refractivity contribution in [2.75, 3.05) is 0 Å². The molecule has 0 atom stereocenters. The number of rotatable bonds is 2. The smallest absolute Gasteiger partial charge is 0.0967 e. The van der Waals surface area contributed by atoms with Crippen LogP contribution in [0.5, 0.6) is 0 Å². The van der Waals surface area contributed by atoms with Crippen molar-refractivity contribution in [3.63, 3.8) is 0 Å². The molecule has 0 radical (unpaired) electrons. The maximum absolute atomic E-state index is 4.58. The molecule has 0 fully saturated rings. The van der Waals surface area contributed by atoms with E-state index >= 15 is 0 Å². The number of nitrogens with one attached hydrogen (secondary N) is 1. The molecule has 4 rings (SSSR count). The lowest BCUT2D eigenvalue weighted by molar-refractivity contribution is 0.867. The minimum atomic E-state index is 0.510. The number of nitrogens with zero attached hydrogens (tertiary/aromatic N) is 1. The Kier molecular flexibility index (Phi) is 2.53. The van der Waals surface area contributed by atoms with E-state index in [1.54, 1.807) is 0 Å². The maximum Gasteiger partial charge on any atom is 0.0967 e. The first kappa shape index (κ1) is 12.6. The second-order valence-electron chi connectivity index (χ2n) is 6.63. The van der Waals surface area contributed by atoms with Gasteiger partial charge in [0.25, 0.3) is 0 Å². The Morgan fingerprint density at radius 2 is 1.81 bits per heavy atom. The average molecular weight is 276 g/mol. The third-order valence-electron chi connectivity index (χ3n) is 4.61. The normalized spacial score (nSPS) is 12.7. The van der Waals surface area contributed by atoms with Gasteiger partial charge in [0.05, 0.1) is 17.7 Å². The molecule has 0 saturated carbocycles. The van der Waals surface area contributed by atoms with Crippen LogP contribution in [0.4, 0.5) is 0 Å². The minimum absolute atomic E-state index is 0.510. The zero-order valence-electron chi connectivity index (χ0n) is 13.0. The van der Waals surface area contributed by atoms with Crippen LogP contribution >= 0.6 is 0 Å². The van der Waals surface area contributed by atoms with Crippen molar-refractivity contribution in [3.05, 3.63) is 41.7 Å². The first-order valence-electron chi connectivity index (χ1n) is 7.72. The highest BCUT2D eigenvalue weighted by Gasteiger charge is 2.27. The number of hydrogen-bond acceptors (Lipinski definition) is 1. The van der Waals surface area contributed by atoms with Gasteiger partial charge >= 0.3 is 0 Å². The van der Waals surface area contributed by atoms with Crippen LogP contribution in [-0.2, 0) is 0 Å². The highest BCUT2D eigenvalue weighted by atomic mass is 14.9. The molecule has 3 aromatic rings. The predicted octanol–water partition coefficient (Wildman–Crippen LogP) is 5.46. The summed E-state index contributed by atoms with van der Waals surface area (Å²) >= 11 is 0. The maximum atomic E-state index is 4.58. The van der Waals surface area contributed by atoms with E-state index < -0.39 is 0 Å². The molecule has 0 unspecified atom stereocenters. The van der Waals surface area contributed by atoms with Gasteiger partial charge < -0.3 is 4.98 Å². The quantitative estimate of drug-likeness (QED) is 0.517. The number of aromatic amines is 1. The minimum Gasteiger partial charge on any atom is -0.344 e. The molecule has 2 nitrogen and oxygen atoms in total. The highest BCUT2D eigenvalue weighted by molar-refractivity contribution is 6.14. The van der Waals surface area contributed by atoms with Crippen molar-refractivity contribution in [1.82, 2.24) is 9.97 Å². The lowest BCUT2D eigenvalue weighted by Gasteiger charge is -2.14. The molecule has 2 heteroatoms. The van der Waals surface area contributed by atoms with E-state index in [-0.39, 0.29) is 0 Å². The first-order chi connectivity index (χ1) is 10.1. The zero-order chi connectivity index (χ0) is 14.7. The van der Waals surface area contributed by atoms with Crippen molar-refractivity contribution < 1.29 is 0 Å². The summed E-state index contributed by atoms with van der Waals surface area (Å²) in [6.07, 6.45) is 1.82. The summed E-state index contributed by atoms with van der Waals surface area (Å²) in [6.45, 7) is 9.01. The Labute approximate surface area is 125 Å². The number of H-pyrrole nitrogens is 1. The molecule has 0 bridgehead atoms. The monoisotopic (exact) mass is 276 g/mol. The Morgan fingerprint density at radius 3 is 2.52 bits per heavy atom. The van der Waals surface area contributed by atoms with Gasteiger partial charge in [0.15, 0.2) is 0 Å². The second-order valence-corrected chi connectivity index (χ2v) is 6.63. The Bertz CT molecular complexity index is 853. The Morgan fingerprint density at radius 1 is 1.00 bits per heavy atom. The fourth-order valence-electron chi connectivity index (χ4n) is 3.47. The Balaban J connectivity index is 2.17. The summed E-state index contributed by atoms with van der Waals surface area (Å²) < 4.78 is 0. The third-order valence-corrected chi connectivity index (χ3v) is 4.61. The molecule has 21 heavy (non-hydrogen) atoms. The average Bonchev–Trinajstić information content (AvgIpc) is 3.02. The SMILES string of the molecule is CC(C)c1cc2c3c(c(C(C)C)ccc3c1)-c1[nH]cnc1-2. The molecule has 106 valence electrons. The summed E-state index contributed by atoms with van der Waals surface area (Å²) in [7, 11) is 0. The fraction of sp³-hybridized carbons (Fsp3) is 0.316. The van der Waals surface area contributed by atoms with Gasteiger partial charge in [-0.05, 0) is 34.4 Å². The van der Waals surface area contributed by atoms with Gasteiger partial charge in [-0.1, -0.05) is 45.9 Å². The van der Waals surface area contributed by atoms with Gasteiger partial charge in [-0.3, -0.25) is 0 Å². The molecule has 2 aromatic carbocycles. The van der Waals surface area contributed by atoms with E-state index in [9.17, 15) is 0 Å². The van der Waals surface area contributed by atoms with Crippen molar-refractivity contribution in [3.8, 4) is 22.5 Å². The number of hydrogen-bond donors (Lipinski definition) is 1. The van der Waals surface area contributed by atoms with Gasteiger partial charge in [0, 0.05) is 16.5 Å². The second kappa shape index (κ2) is 4.20. The fourth-order valence-corrected chi connectivity index (χ4v) is 3.47. The van der Waals surface area contributed by atoms with E-state index in [4.69, 9.17) is 0 Å². The molecule has 0 aliphatic heterocycles. The van der Waals surface area contributed by atoms with Gasteiger partial charge in [-0.15, -0.1) is 0 Å². The standard InChI is InChI=1S/C19H20N2/c1-10(2)13-7-12-5-6-14(11(3)4)17-16(12)15(8-13)18-19(17)21-9-20-18/h5-11H,1-4H3,(H,20,21). The largest absolute Gasteiger partial charge is 0.344 e. The van der Waals surface area contributed by atoms with Crippen LogP contribution in [0.25, 0.3) is 33.3 Å². The number of aromatic nitrogens is 2. The topological polar surface area (TPSA) is 28.7 Å². The molecule has 1 aliphatic rings. The molecule has 0 spiro atoms. The van der Waals surface area contributed by atoms with Crippen LogP contribution in [0.1, 0.15) is 50.7 Å². The molecule has 1 N–H and O–H groups in total. The van der Waals surface area contributed by atoms with Gasteiger partial charge in [0.1, 0.15) is 0 Å². The lowest BCUT2D eigenvalue weighted by atomic mass is 9.90. The zero-order valence-corrected chi connectivity index (χ0v) is 13.0. The van der Waals surface area contributed by atoms with E-state index in [1.165, 1.54) is 38.7 Å². The molecule has 0 saturated heterocycles. The third kappa shape index (κ3) is 1.62. The predicted molar refractivity (Wildman–Crippen MR) is 88.7 cm³/mol. The summed E-state index contributed by atoms with van der Waals surface area (Å²) in [4.78, 5) is 7.94. The van der Waals surface area contributed by atoms with Gasteiger partial charge in [-0.2, -0.15) is 0 Å². The molecule has 0 amide bonds. The summed E-state index contributed by atoms with van der Waals surface area (Å²) in [5.74, 6) is 1.04. The van der Waals surface area contributed by atoms with Gasteiger partial charge in [-0.25, -0.2) is 4.98 Å². The van der Waals surface area contributed by atoms with E-state index in [2.05, 4.69) is 61.9 Å². The van der Waals surface area contributed by atoms with Crippen LogP contribution in [-0.4, -0.2) is 9.97 Å². The van der Waals surface area contributed by atoms with Crippen LogP contribution in [0.3, 0.4) is 0 Å². The molecule has 1 heterocycles. The summed E-state index contributed by atoms with van der Waals surface area (Å²) in [5, 5.41) is 2.71. The van der Waals surface area contributed by atoms with Crippen molar-refractivity contribution in [2.45, 2.75) is 39.5 Å². The molecule has 1 aromatic heterocycles. The van der Waals surface area contributed by atoms with Crippen molar-refractivity contribution in [2.24, 2.45) is 0 Å². The summed E-state index contributed by atoms with van der Waals surface area (Å²) in [6, 6.07) is 9.22. The van der Waals surface area contributed by atoms with Crippen molar-refractivity contribution >= 4 is 10.8 Å². The van der Waals surface area contributed by atoms with E-state index in [0.29, 0.717) is 11.8 Å². The summed E-state index contributed by atoms with van der Waals surface area (Å²) in [5.41, 5.74) is 7.76.